The molecule has 0 spiro atoms. The SMILES string of the molecule is CCNC(=O)C(CC)N(Cc1ccc(OC)cc1)C(=O)COc1cc(C)ccc1C. The summed E-state index contributed by atoms with van der Waals surface area (Å²) in [6, 6.07) is 12.8. The number of hydrogen-bond donors (Lipinski definition) is 1. The third kappa shape index (κ3) is 6.24. The fraction of sp³-hybridized carbons (Fsp3) is 0.417. The molecule has 0 bridgehead atoms. The molecular formula is C24H32N2O4. The van der Waals surface area contributed by atoms with Crippen molar-refractivity contribution in [3.63, 3.8) is 0 Å². The summed E-state index contributed by atoms with van der Waals surface area (Å²) in [5, 5.41) is 2.83. The number of hydrogen-bond acceptors (Lipinski definition) is 4. The van der Waals surface area contributed by atoms with E-state index in [1.165, 1.54) is 0 Å². The Labute approximate surface area is 179 Å². The van der Waals surface area contributed by atoms with Crippen LogP contribution in [0, 0.1) is 13.8 Å². The molecule has 2 aromatic carbocycles. The number of likely N-dealkylation sites (N-methyl/N-ethyl adjacent to an activating group) is 1. The number of nitrogens with one attached hydrogen (secondary N) is 1. The third-order valence-corrected chi connectivity index (χ3v) is 4.94. The molecule has 2 aromatic rings. The van der Waals surface area contributed by atoms with Gasteiger partial charge in [-0.3, -0.25) is 9.59 Å². The summed E-state index contributed by atoms with van der Waals surface area (Å²) in [6.07, 6.45) is 0.511. The van der Waals surface area contributed by atoms with Crippen molar-refractivity contribution in [1.82, 2.24) is 10.2 Å². The van der Waals surface area contributed by atoms with Gasteiger partial charge in [-0.1, -0.05) is 31.2 Å². The molecule has 0 aromatic heterocycles. The van der Waals surface area contributed by atoms with Crippen LogP contribution in [0.2, 0.25) is 0 Å². The highest BCUT2D eigenvalue weighted by molar-refractivity contribution is 5.88. The van der Waals surface area contributed by atoms with Crippen molar-refractivity contribution in [2.24, 2.45) is 0 Å². The first-order valence-electron chi connectivity index (χ1n) is 10.3. The summed E-state index contributed by atoms with van der Waals surface area (Å²) in [7, 11) is 1.61. The number of carbonyl (C=O) groups excluding carboxylic acids is 2. The molecule has 0 fully saturated rings. The number of amides is 2. The Morgan fingerprint density at radius 3 is 2.37 bits per heavy atom. The van der Waals surface area contributed by atoms with Crippen molar-refractivity contribution in [2.45, 2.75) is 46.7 Å². The van der Waals surface area contributed by atoms with E-state index < -0.39 is 6.04 Å². The van der Waals surface area contributed by atoms with E-state index in [-0.39, 0.29) is 18.4 Å². The van der Waals surface area contributed by atoms with Gasteiger partial charge in [0.25, 0.3) is 5.91 Å². The van der Waals surface area contributed by atoms with E-state index in [0.717, 1.165) is 22.4 Å². The molecule has 6 heteroatoms. The number of ether oxygens (including phenoxy) is 2. The average Bonchev–Trinajstić information content (AvgIpc) is 2.74. The Morgan fingerprint density at radius 2 is 1.77 bits per heavy atom. The van der Waals surface area contributed by atoms with Crippen molar-refractivity contribution in [3.8, 4) is 11.5 Å². The van der Waals surface area contributed by atoms with Gasteiger partial charge in [0.05, 0.1) is 7.11 Å². The topological polar surface area (TPSA) is 67.9 Å². The average molecular weight is 413 g/mol. The normalized spacial score (nSPS) is 11.5. The van der Waals surface area contributed by atoms with Crippen molar-refractivity contribution < 1.29 is 19.1 Å². The smallest absolute Gasteiger partial charge is 0.261 e. The highest BCUT2D eigenvalue weighted by Gasteiger charge is 2.28. The predicted octanol–water partition coefficient (Wildman–Crippen LogP) is 3.63. The summed E-state index contributed by atoms with van der Waals surface area (Å²) in [4.78, 5) is 27.4. The molecule has 2 rings (SSSR count). The van der Waals surface area contributed by atoms with E-state index in [1.54, 1.807) is 12.0 Å². The van der Waals surface area contributed by atoms with Gasteiger partial charge in [0.1, 0.15) is 17.5 Å². The molecule has 1 N–H and O–H groups in total. The standard InChI is InChI=1S/C24H32N2O4/c1-6-21(24(28)25-7-2)26(15-19-10-12-20(29-5)13-11-19)23(27)16-30-22-14-17(3)8-9-18(22)4/h8-14,21H,6-7,15-16H2,1-5H3,(H,25,28). The van der Waals surface area contributed by atoms with Gasteiger partial charge in [0, 0.05) is 13.1 Å². The molecule has 30 heavy (non-hydrogen) atoms. The zero-order valence-electron chi connectivity index (χ0n) is 18.5. The maximum Gasteiger partial charge on any atom is 0.261 e. The zero-order chi connectivity index (χ0) is 22.1. The van der Waals surface area contributed by atoms with Gasteiger partial charge < -0.3 is 19.7 Å². The molecule has 0 saturated carbocycles. The van der Waals surface area contributed by atoms with Crippen LogP contribution in [0.5, 0.6) is 11.5 Å². The maximum absolute atomic E-state index is 13.1. The Hall–Kier alpha value is -3.02. The fourth-order valence-corrected chi connectivity index (χ4v) is 3.22. The van der Waals surface area contributed by atoms with Gasteiger partial charge in [-0.15, -0.1) is 0 Å². The monoisotopic (exact) mass is 412 g/mol. The molecule has 0 radical (unpaired) electrons. The second kappa shape index (κ2) is 11.2. The largest absolute Gasteiger partial charge is 0.497 e. The van der Waals surface area contributed by atoms with Crippen LogP contribution < -0.4 is 14.8 Å². The zero-order valence-corrected chi connectivity index (χ0v) is 18.5. The Kier molecular flexibility index (Phi) is 8.71. The molecule has 1 unspecified atom stereocenters. The molecular weight excluding hydrogens is 380 g/mol. The van der Waals surface area contributed by atoms with E-state index >= 15 is 0 Å². The first kappa shape index (κ1) is 23.3. The summed E-state index contributed by atoms with van der Waals surface area (Å²) in [5.41, 5.74) is 2.94. The lowest BCUT2D eigenvalue weighted by atomic mass is 10.1. The van der Waals surface area contributed by atoms with E-state index in [1.807, 2.05) is 70.2 Å². The molecule has 0 aliphatic rings. The maximum atomic E-state index is 13.1. The van der Waals surface area contributed by atoms with Gasteiger partial charge in [0.2, 0.25) is 5.91 Å². The number of benzene rings is 2. The Morgan fingerprint density at radius 1 is 1.07 bits per heavy atom. The van der Waals surface area contributed by atoms with Crippen molar-refractivity contribution in [2.75, 3.05) is 20.3 Å². The number of nitrogens with zero attached hydrogens (tertiary/aromatic N) is 1. The Bertz CT molecular complexity index is 849. The molecule has 162 valence electrons. The van der Waals surface area contributed by atoms with Crippen LogP contribution in [-0.2, 0) is 16.1 Å². The fourth-order valence-electron chi connectivity index (χ4n) is 3.22. The molecule has 2 amide bonds. The van der Waals surface area contributed by atoms with Crippen molar-refractivity contribution in [1.29, 1.82) is 0 Å². The summed E-state index contributed by atoms with van der Waals surface area (Å²) in [6.45, 7) is 8.39. The van der Waals surface area contributed by atoms with E-state index in [4.69, 9.17) is 9.47 Å². The van der Waals surface area contributed by atoms with E-state index in [2.05, 4.69) is 5.32 Å². The van der Waals surface area contributed by atoms with Crippen LogP contribution in [0.15, 0.2) is 42.5 Å². The van der Waals surface area contributed by atoms with Gasteiger partial charge in [-0.25, -0.2) is 0 Å². The van der Waals surface area contributed by atoms with Crippen LogP contribution in [0.1, 0.15) is 37.0 Å². The summed E-state index contributed by atoms with van der Waals surface area (Å²) >= 11 is 0. The predicted molar refractivity (Wildman–Crippen MR) is 118 cm³/mol. The third-order valence-electron chi connectivity index (χ3n) is 4.94. The first-order valence-corrected chi connectivity index (χ1v) is 10.3. The highest BCUT2D eigenvalue weighted by atomic mass is 16.5. The number of rotatable bonds is 10. The van der Waals surface area contributed by atoms with Crippen LogP contribution in [0.4, 0.5) is 0 Å². The molecule has 1 atom stereocenters. The van der Waals surface area contributed by atoms with Crippen LogP contribution in [0.3, 0.4) is 0 Å². The van der Waals surface area contributed by atoms with Crippen LogP contribution in [-0.4, -0.2) is 43.0 Å². The molecule has 0 aliphatic carbocycles. The number of methoxy groups -OCH3 is 1. The van der Waals surface area contributed by atoms with Crippen LogP contribution >= 0.6 is 0 Å². The number of aryl methyl sites for hydroxylation is 2. The second-order valence-corrected chi connectivity index (χ2v) is 7.25. The van der Waals surface area contributed by atoms with E-state index in [0.29, 0.717) is 25.3 Å². The minimum atomic E-state index is -0.568. The Balaban J connectivity index is 2.22. The molecule has 0 saturated heterocycles. The molecule has 0 aliphatic heterocycles. The quantitative estimate of drug-likeness (QED) is 0.647. The summed E-state index contributed by atoms with van der Waals surface area (Å²) in [5.74, 6) is 1.03. The first-order chi connectivity index (χ1) is 14.4. The lowest BCUT2D eigenvalue weighted by molar-refractivity contribution is -0.142. The van der Waals surface area contributed by atoms with Gasteiger partial charge in [-0.05, 0) is 62.1 Å². The van der Waals surface area contributed by atoms with Gasteiger partial charge in [-0.2, -0.15) is 0 Å². The van der Waals surface area contributed by atoms with Gasteiger partial charge >= 0.3 is 0 Å². The molecule has 0 heterocycles. The van der Waals surface area contributed by atoms with E-state index in [9.17, 15) is 9.59 Å². The molecule has 6 nitrogen and oxygen atoms in total. The minimum Gasteiger partial charge on any atom is -0.497 e. The van der Waals surface area contributed by atoms with Crippen molar-refractivity contribution in [3.05, 3.63) is 59.2 Å². The highest BCUT2D eigenvalue weighted by Crippen LogP contribution is 2.20. The number of carbonyl (C=O) groups is 2. The second-order valence-electron chi connectivity index (χ2n) is 7.25. The van der Waals surface area contributed by atoms with Crippen LogP contribution in [0.25, 0.3) is 0 Å². The minimum absolute atomic E-state index is 0.129. The lowest BCUT2D eigenvalue weighted by Crippen LogP contribution is -2.50. The van der Waals surface area contributed by atoms with Crippen molar-refractivity contribution >= 4 is 11.8 Å². The van der Waals surface area contributed by atoms with Gasteiger partial charge in [0.15, 0.2) is 6.61 Å². The lowest BCUT2D eigenvalue weighted by Gasteiger charge is -2.30. The summed E-state index contributed by atoms with van der Waals surface area (Å²) < 4.78 is 11.0.